The molecule has 0 atom stereocenters. The second-order valence-corrected chi connectivity index (χ2v) is 15.2. The Morgan fingerprint density at radius 2 is 0.603 bits per heavy atom. The maximum atomic E-state index is 2.34. The fraction of sp³-hybridized carbons (Fsp3) is 0.107. The lowest BCUT2D eigenvalue weighted by Crippen LogP contribution is -2.11. The number of nitrogens with zero attached hydrogens (tertiary/aromatic N) is 2. The zero-order valence-electron chi connectivity index (χ0n) is 34.5. The lowest BCUT2D eigenvalue weighted by atomic mass is 10.1. The van der Waals surface area contributed by atoms with Crippen LogP contribution in [0, 0.1) is 41.5 Å². The second-order valence-electron chi connectivity index (χ2n) is 15.2. The molecule has 0 amide bonds. The van der Waals surface area contributed by atoms with E-state index in [-0.39, 0.29) is 0 Å². The quantitative estimate of drug-likeness (QED) is 0.115. The van der Waals surface area contributed by atoms with E-state index in [1.165, 1.54) is 44.8 Å². The van der Waals surface area contributed by atoms with E-state index >= 15 is 0 Å². The second kappa shape index (κ2) is 18.4. The predicted molar refractivity (Wildman–Crippen MR) is 253 cm³/mol. The number of allylic oxidation sites excluding steroid dienone is 4. The highest BCUT2D eigenvalue weighted by Gasteiger charge is 2.16. The predicted octanol–water partition coefficient (Wildman–Crippen LogP) is 15.9. The molecule has 286 valence electrons. The van der Waals surface area contributed by atoms with Gasteiger partial charge in [-0.1, -0.05) is 162 Å². The Balaban J connectivity index is 0.985. The van der Waals surface area contributed by atoms with Crippen LogP contribution in [-0.2, 0) is 0 Å². The summed E-state index contributed by atoms with van der Waals surface area (Å²) in [4.78, 5) is 4.68. The summed E-state index contributed by atoms with van der Waals surface area (Å²) in [5, 5.41) is 0. The summed E-state index contributed by atoms with van der Waals surface area (Å²) in [7, 11) is 0. The summed E-state index contributed by atoms with van der Waals surface area (Å²) in [6.45, 7) is 12.9. The van der Waals surface area contributed by atoms with Gasteiger partial charge in [-0.25, -0.2) is 0 Å². The lowest BCUT2D eigenvalue weighted by Gasteiger charge is -2.27. The molecule has 0 unspecified atom stereocenters. The first-order valence-electron chi connectivity index (χ1n) is 20.1. The molecule has 0 bridgehead atoms. The summed E-state index contributed by atoms with van der Waals surface area (Å²) in [6.07, 6.45) is 17.0. The van der Waals surface area contributed by atoms with Gasteiger partial charge in [0.25, 0.3) is 0 Å². The molecule has 2 nitrogen and oxygen atoms in total. The Labute approximate surface area is 346 Å². The molecule has 0 fully saturated rings. The molecule has 7 aromatic carbocycles. The Hall–Kier alpha value is -6.90. The van der Waals surface area contributed by atoms with E-state index in [2.05, 4.69) is 258 Å². The molecule has 7 aromatic rings. The average molecular weight is 753 g/mol. The van der Waals surface area contributed by atoms with Gasteiger partial charge in [-0.3, -0.25) is 0 Å². The van der Waals surface area contributed by atoms with E-state index in [9.17, 15) is 0 Å². The third-order valence-corrected chi connectivity index (χ3v) is 10.4. The van der Waals surface area contributed by atoms with Crippen molar-refractivity contribution in [2.24, 2.45) is 0 Å². The molecule has 0 heterocycles. The van der Waals surface area contributed by atoms with Crippen LogP contribution in [0.2, 0.25) is 0 Å². The molecular weight excluding hydrogens is 701 g/mol. The lowest BCUT2D eigenvalue weighted by molar-refractivity contribution is 1.23. The van der Waals surface area contributed by atoms with Crippen molar-refractivity contribution in [3.8, 4) is 0 Å². The van der Waals surface area contributed by atoms with Crippen LogP contribution in [0.5, 0.6) is 0 Å². The zero-order chi connectivity index (χ0) is 40.4. The van der Waals surface area contributed by atoms with E-state index in [1.807, 2.05) is 0 Å². The van der Waals surface area contributed by atoms with Gasteiger partial charge in [0.05, 0.1) is 0 Å². The van der Waals surface area contributed by atoms with E-state index in [4.69, 9.17) is 0 Å². The van der Waals surface area contributed by atoms with Gasteiger partial charge in [0.2, 0.25) is 0 Å². The fourth-order valence-corrected chi connectivity index (χ4v) is 7.26. The van der Waals surface area contributed by atoms with Crippen molar-refractivity contribution in [3.63, 3.8) is 0 Å². The van der Waals surface area contributed by atoms with Crippen LogP contribution >= 0.6 is 0 Å². The first-order chi connectivity index (χ1) is 28.2. The van der Waals surface area contributed by atoms with Crippen molar-refractivity contribution in [2.45, 2.75) is 41.5 Å². The van der Waals surface area contributed by atoms with Crippen molar-refractivity contribution in [1.82, 2.24) is 0 Å². The maximum Gasteiger partial charge on any atom is 0.0490 e. The molecule has 0 aliphatic rings. The van der Waals surface area contributed by atoms with E-state index in [1.54, 1.807) is 0 Å². The Kier molecular flexibility index (Phi) is 12.5. The fourth-order valence-electron chi connectivity index (χ4n) is 7.26. The molecule has 0 aliphatic heterocycles. The number of hydrogen-bond donors (Lipinski definition) is 0. The topological polar surface area (TPSA) is 6.48 Å². The van der Waals surface area contributed by atoms with Gasteiger partial charge in [-0.05, 0) is 142 Å². The first kappa shape index (κ1) is 39.3. The monoisotopic (exact) mass is 752 g/mol. The van der Waals surface area contributed by atoms with Crippen LogP contribution in [0.3, 0.4) is 0 Å². The Bertz CT molecular complexity index is 2400. The Morgan fingerprint density at radius 1 is 0.293 bits per heavy atom. The number of benzene rings is 7. The minimum absolute atomic E-state index is 1.13. The van der Waals surface area contributed by atoms with E-state index in [0.717, 1.165) is 45.0 Å². The zero-order valence-corrected chi connectivity index (χ0v) is 34.5. The minimum Gasteiger partial charge on any atom is -0.310 e. The molecule has 0 aromatic heterocycles. The Morgan fingerprint density at radius 3 is 0.948 bits per heavy atom. The van der Waals surface area contributed by atoms with Gasteiger partial charge < -0.3 is 9.80 Å². The summed E-state index contributed by atoms with van der Waals surface area (Å²) in [6, 6.07) is 56.9. The molecule has 2 heteroatoms. The van der Waals surface area contributed by atoms with Crippen molar-refractivity contribution in [1.29, 1.82) is 0 Å². The van der Waals surface area contributed by atoms with Gasteiger partial charge in [0.15, 0.2) is 0 Å². The van der Waals surface area contributed by atoms with Gasteiger partial charge in [0.1, 0.15) is 0 Å². The molecular formula is C56H52N2. The standard InChI is InChI=1S/C56H52N2/c1-41-18-28-51(29-19-41)57(55-36-22-43(3)38-45(55)5)53-32-24-47(25-33-53)12-7-9-14-49-16-11-17-50(40-49)15-10-8-13-48-26-34-54(35-27-48)58(52-30-20-42(2)21-31-52)56-37-23-44(4)39-46(56)6/h7-40H,1-6H3/b12-7+,13-8+,14-9+,15-10+. The summed E-state index contributed by atoms with van der Waals surface area (Å²) in [5.41, 5.74) is 19.1. The highest BCUT2D eigenvalue weighted by Crippen LogP contribution is 2.38. The maximum absolute atomic E-state index is 2.34. The molecule has 58 heavy (non-hydrogen) atoms. The number of rotatable bonds is 12. The van der Waals surface area contributed by atoms with Crippen LogP contribution in [0.25, 0.3) is 24.3 Å². The van der Waals surface area contributed by atoms with Gasteiger partial charge in [-0.2, -0.15) is 0 Å². The molecule has 0 spiro atoms. The molecule has 0 N–H and O–H groups in total. The van der Waals surface area contributed by atoms with E-state index < -0.39 is 0 Å². The third kappa shape index (κ3) is 9.90. The highest BCUT2D eigenvalue weighted by molar-refractivity contribution is 5.80. The molecule has 0 saturated heterocycles. The summed E-state index contributed by atoms with van der Waals surface area (Å²) in [5.74, 6) is 0. The summed E-state index contributed by atoms with van der Waals surface area (Å²) >= 11 is 0. The SMILES string of the molecule is Cc1ccc(N(c2ccc(/C=C/C=C/c3cccc(/C=C/C=C/c4ccc(N(c5ccc(C)cc5)c5ccc(C)cc5C)cc4)c3)cc2)c2ccc(C)cc2C)cc1. The smallest absolute Gasteiger partial charge is 0.0490 e. The summed E-state index contributed by atoms with van der Waals surface area (Å²) < 4.78 is 0. The first-order valence-corrected chi connectivity index (χ1v) is 20.1. The van der Waals surface area contributed by atoms with Crippen molar-refractivity contribution in [2.75, 3.05) is 9.80 Å². The van der Waals surface area contributed by atoms with Gasteiger partial charge >= 0.3 is 0 Å². The van der Waals surface area contributed by atoms with Crippen LogP contribution in [0.15, 0.2) is 182 Å². The number of anilines is 6. The largest absolute Gasteiger partial charge is 0.310 e. The molecule has 7 rings (SSSR count). The molecule has 0 aliphatic carbocycles. The molecule has 0 radical (unpaired) electrons. The van der Waals surface area contributed by atoms with Crippen molar-refractivity contribution >= 4 is 58.4 Å². The van der Waals surface area contributed by atoms with Gasteiger partial charge in [-0.15, -0.1) is 0 Å². The van der Waals surface area contributed by atoms with Crippen LogP contribution < -0.4 is 9.80 Å². The number of aryl methyl sites for hydroxylation is 6. The van der Waals surface area contributed by atoms with E-state index in [0.29, 0.717) is 0 Å². The number of hydrogen-bond acceptors (Lipinski definition) is 2. The normalized spacial score (nSPS) is 11.7. The van der Waals surface area contributed by atoms with Crippen molar-refractivity contribution in [3.05, 3.63) is 238 Å². The average Bonchev–Trinajstić information content (AvgIpc) is 3.22. The minimum atomic E-state index is 1.13. The van der Waals surface area contributed by atoms with Crippen LogP contribution in [0.1, 0.15) is 55.6 Å². The van der Waals surface area contributed by atoms with Gasteiger partial charge in [0, 0.05) is 34.1 Å². The highest BCUT2D eigenvalue weighted by atomic mass is 15.1. The molecule has 0 saturated carbocycles. The van der Waals surface area contributed by atoms with Crippen LogP contribution in [0.4, 0.5) is 34.1 Å². The third-order valence-electron chi connectivity index (χ3n) is 10.4. The van der Waals surface area contributed by atoms with Crippen LogP contribution in [-0.4, -0.2) is 0 Å². The van der Waals surface area contributed by atoms with Crippen molar-refractivity contribution < 1.29 is 0 Å².